The minimum absolute atomic E-state index is 0.218. The van der Waals surface area contributed by atoms with Crippen molar-refractivity contribution in [3.63, 3.8) is 0 Å². The molecular weight excluding hydrogens is 323 g/mol. The second-order valence-electron chi connectivity index (χ2n) is 4.45. The fraction of sp³-hybridized carbons (Fsp3) is 0.286. The Morgan fingerprint density at radius 3 is 2.90 bits per heavy atom. The van der Waals surface area contributed by atoms with Crippen molar-refractivity contribution in [1.82, 2.24) is 15.3 Å². The van der Waals surface area contributed by atoms with Gasteiger partial charge < -0.3 is 10.2 Å². The van der Waals surface area contributed by atoms with Crippen molar-refractivity contribution in [3.8, 4) is 0 Å². The summed E-state index contributed by atoms with van der Waals surface area (Å²) >= 11 is 3.36. The molecule has 0 amide bonds. The van der Waals surface area contributed by atoms with E-state index >= 15 is 0 Å². The standard InChI is InChI=1S/C14H16BrFN4/c1-17-8-13-18-6-5-14(19-13)20(2)9-10-7-11(15)3-4-12(10)16/h3-7,17H,8-9H2,1-2H3. The smallest absolute Gasteiger partial charge is 0.144 e. The van der Waals surface area contributed by atoms with Gasteiger partial charge in [-0.15, -0.1) is 0 Å². The van der Waals surface area contributed by atoms with Crippen LogP contribution in [-0.4, -0.2) is 24.1 Å². The molecule has 4 nitrogen and oxygen atoms in total. The summed E-state index contributed by atoms with van der Waals surface area (Å²) < 4.78 is 14.6. The van der Waals surface area contributed by atoms with E-state index in [4.69, 9.17) is 0 Å². The van der Waals surface area contributed by atoms with Crippen molar-refractivity contribution < 1.29 is 4.39 Å². The molecule has 1 aromatic carbocycles. The van der Waals surface area contributed by atoms with Crippen molar-refractivity contribution in [2.75, 3.05) is 19.0 Å². The molecule has 0 spiro atoms. The van der Waals surface area contributed by atoms with Crippen LogP contribution in [0.15, 0.2) is 34.9 Å². The average molecular weight is 339 g/mol. The number of nitrogens with one attached hydrogen (secondary N) is 1. The molecule has 20 heavy (non-hydrogen) atoms. The maximum absolute atomic E-state index is 13.8. The predicted octanol–water partition coefficient (Wildman–Crippen LogP) is 2.73. The van der Waals surface area contributed by atoms with Crippen LogP contribution >= 0.6 is 15.9 Å². The van der Waals surface area contributed by atoms with Crippen molar-refractivity contribution in [1.29, 1.82) is 0 Å². The number of halogens is 2. The molecule has 0 aliphatic rings. The number of rotatable bonds is 5. The number of benzene rings is 1. The summed E-state index contributed by atoms with van der Waals surface area (Å²) in [5, 5.41) is 3.01. The molecule has 0 aliphatic heterocycles. The van der Waals surface area contributed by atoms with Crippen LogP contribution in [0.5, 0.6) is 0 Å². The molecule has 0 atom stereocenters. The van der Waals surface area contributed by atoms with E-state index in [1.807, 2.05) is 25.1 Å². The van der Waals surface area contributed by atoms with Crippen LogP contribution < -0.4 is 10.2 Å². The molecule has 106 valence electrons. The van der Waals surface area contributed by atoms with Gasteiger partial charge in [-0.2, -0.15) is 0 Å². The van der Waals surface area contributed by atoms with Crippen LogP contribution in [0, 0.1) is 5.82 Å². The Kier molecular flexibility index (Phi) is 5.03. The van der Waals surface area contributed by atoms with Gasteiger partial charge in [0.1, 0.15) is 17.5 Å². The number of anilines is 1. The van der Waals surface area contributed by atoms with E-state index in [0.717, 1.165) is 10.3 Å². The Hall–Kier alpha value is -1.53. The van der Waals surface area contributed by atoms with E-state index < -0.39 is 0 Å². The Balaban J connectivity index is 2.17. The fourth-order valence-electron chi connectivity index (χ4n) is 1.85. The maximum atomic E-state index is 13.8. The lowest BCUT2D eigenvalue weighted by Gasteiger charge is -2.19. The molecule has 0 saturated carbocycles. The third-order valence-corrected chi connectivity index (χ3v) is 3.33. The highest BCUT2D eigenvalue weighted by Crippen LogP contribution is 2.19. The van der Waals surface area contributed by atoms with E-state index in [-0.39, 0.29) is 5.82 Å². The summed E-state index contributed by atoms with van der Waals surface area (Å²) in [4.78, 5) is 10.5. The molecule has 2 aromatic rings. The molecule has 2 rings (SSSR count). The highest BCUT2D eigenvalue weighted by atomic mass is 79.9. The highest BCUT2D eigenvalue weighted by molar-refractivity contribution is 9.10. The van der Waals surface area contributed by atoms with Gasteiger partial charge in [0.25, 0.3) is 0 Å². The highest BCUT2D eigenvalue weighted by Gasteiger charge is 2.09. The van der Waals surface area contributed by atoms with Gasteiger partial charge in [-0.1, -0.05) is 15.9 Å². The summed E-state index contributed by atoms with van der Waals surface area (Å²) in [7, 11) is 3.72. The van der Waals surface area contributed by atoms with Gasteiger partial charge in [0, 0.05) is 29.8 Å². The molecule has 0 unspecified atom stereocenters. The Morgan fingerprint density at radius 2 is 2.15 bits per heavy atom. The predicted molar refractivity (Wildman–Crippen MR) is 81.0 cm³/mol. The Morgan fingerprint density at radius 1 is 1.35 bits per heavy atom. The first-order valence-electron chi connectivity index (χ1n) is 6.21. The maximum Gasteiger partial charge on any atom is 0.144 e. The molecule has 0 bridgehead atoms. The van der Waals surface area contributed by atoms with E-state index in [2.05, 4.69) is 31.2 Å². The SMILES string of the molecule is CNCc1nccc(N(C)Cc2cc(Br)ccc2F)n1. The molecule has 0 saturated heterocycles. The summed E-state index contributed by atoms with van der Waals surface area (Å²) in [5.74, 6) is 1.26. The first kappa shape index (κ1) is 14.9. The van der Waals surface area contributed by atoms with Crippen molar-refractivity contribution in [3.05, 3.63) is 52.1 Å². The van der Waals surface area contributed by atoms with E-state index in [0.29, 0.717) is 24.5 Å². The average Bonchev–Trinajstić information content (AvgIpc) is 2.43. The zero-order valence-electron chi connectivity index (χ0n) is 11.4. The zero-order chi connectivity index (χ0) is 14.5. The van der Waals surface area contributed by atoms with Crippen LogP contribution in [0.1, 0.15) is 11.4 Å². The van der Waals surface area contributed by atoms with Gasteiger partial charge in [0.15, 0.2) is 0 Å². The lowest BCUT2D eigenvalue weighted by Crippen LogP contribution is -2.20. The Bertz CT molecular complexity index is 591. The summed E-state index contributed by atoms with van der Waals surface area (Å²) in [5.41, 5.74) is 0.621. The van der Waals surface area contributed by atoms with Gasteiger partial charge in [-0.25, -0.2) is 14.4 Å². The molecule has 1 aromatic heterocycles. The fourth-order valence-corrected chi connectivity index (χ4v) is 2.25. The van der Waals surface area contributed by atoms with Gasteiger partial charge in [0.05, 0.1) is 6.54 Å². The van der Waals surface area contributed by atoms with Crippen molar-refractivity contribution in [2.24, 2.45) is 0 Å². The molecule has 1 heterocycles. The van der Waals surface area contributed by atoms with E-state index in [9.17, 15) is 4.39 Å². The molecule has 0 aliphatic carbocycles. The minimum atomic E-state index is -0.218. The number of hydrogen-bond acceptors (Lipinski definition) is 4. The van der Waals surface area contributed by atoms with Gasteiger partial charge in [-0.3, -0.25) is 0 Å². The van der Waals surface area contributed by atoms with E-state index in [1.54, 1.807) is 18.3 Å². The number of hydrogen-bond donors (Lipinski definition) is 1. The summed E-state index contributed by atoms with van der Waals surface area (Å²) in [6.07, 6.45) is 1.71. The second-order valence-corrected chi connectivity index (χ2v) is 5.37. The third kappa shape index (κ3) is 3.74. The summed E-state index contributed by atoms with van der Waals surface area (Å²) in [6, 6.07) is 6.74. The van der Waals surface area contributed by atoms with Crippen LogP contribution in [0.25, 0.3) is 0 Å². The Labute approximate surface area is 126 Å². The number of aromatic nitrogens is 2. The monoisotopic (exact) mass is 338 g/mol. The lowest BCUT2D eigenvalue weighted by molar-refractivity contribution is 0.607. The number of nitrogens with zero attached hydrogens (tertiary/aromatic N) is 3. The van der Waals surface area contributed by atoms with E-state index in [1.165, 1.54) is 6.07 Å². The molecule has 0 radical (unpaired) electrons. The molecule has 6 heteroatoms. The quantitative estimate of drug-likeness (QED) is 0.910. The van der Waals surface area contributed by atoms with Crippen molar-refractivity contribution in [2.45, 2.75) is 13.1 Å². The van der Waals surface area contributed by atoms with Gasteiger partial charge >= 0.3 is 0 Å². The van der Waals surface area contributed by atoms with Crippen LogP contribution in [0.2, 0.25) is 0 Å². The first-order valence-corrected chi connectivity index (χ1v) is 7.01. The lowest BCUT2D eigenvalue weighted by atomic mass is 10.2. The molecule has 0 fully saturated rings. The summed E-state index contributed by atoms with van der Waals surface area (Å²) in [6.45, 7) is 1.05. The zero-order valence-corrected chi connectivity index (χ0v) is 13.0. The van der Waals surface area contributed by atoms with Crippen molar-refractivity contribution >= 4 is 21.7 Å². The molecule has 1 N–H and O–H groups in total. The second kappa shape index (κ2) is 6.76. The molecular formula is C14H16BrFN4. The van der Waals surface area contributed by atoms with Gasteiger partial charge in [-0.05, 0) is 31.3 Å². The van der Waals surface area contributed by atoms with Gasteiger partial charge in [0.2, 0.25) is 0 Å². The normalized spacial score (nSPS) is 10.6. The third-order valence-electron chi connectivity index (χ3n) is 2.83. The largest absolute Gasteiger partial charge is 0.355 e. The van der Waals surface area contributed by atoms with Crippen LogP contribution in [0.4, 0.5) is 10.2 Å². The minimum Gasteiger partial charge on any atom is -0.355 e. The first-order chi connectivity index (χ1) is 9.60. The van der Waals surface area contributed by atoms with Crippen LogP contribution in [-0.2, 0) is 13.1 Å². The topological polar surface area (TPSA) is 41.1 Å². The van der Waals surface area contributed by atoms with Crippen LogP contribution in [0.3, 0.4) is 0 Å².